The van der Waals surface area contributed by atoms with Crippen LogP contribution >= 0.6 is 0 Å². The summed E-state index contributed by atoms with van der Waals surface area (Å²) in [4.78, 5) is 59.9. The van der Waals surface area contributed by atoms with E-state index < -0.39 is 48.5 Å². The van der Waals surface area contributed by atoms with Crippen molar-refractivity contribution in [1.29, 1.82) is 0 Å². The summed E-state index contributed by atoms with van der Waals surface area (Å²) in [6.07, 6.45) is 2.79. The van der Waals surface area contributed by atoms with Crippen LogP contribution in [0.3, 0.4) is 0 Å². The Morgan fingerprint density at radius 2 is 1.24 bits per heavy atom. The second kappa shape index (κ2) is 18.0. The van der Waals surface area contributed by atoms with Crippen LogP contribution in [0.4, 0.5) is 0 Å². The van der Waals surface area contributed by atoms with E-state index in [2.05, 4.69) is 29.4 Å². The second-order valence-corrected chi connectivity index (χ2v) is 6.03. The Morgan fingerprint density at radius 3 is 1.64 bits per heavy atom. The van der Waals surface area contributed by atoms with E-state index in [-0.39, 0.29) is 81.1 Å². The maximum absolute atomic E-state index is 11.8. The van der Waals surface area contributed by atoms with Crippen LogP contribution in [0.5, 0.6) is 0 Å². The van der Waals surface area contributed by atoms with Gasteiger partial charge in [-0.05, 0) is 0 Å². The minimum atomic E-state index is -2.03. The summed E-state index contributed by atoms with van der Waals surface area (Å²) in [6.45, 7) is 0. The maximum atomic E-state index is 11.8. The molecule has 3 atom stereocenters. The molecule has 13 nitrogen and oxygen atoms in total. The van der Waals surface area contributed by atoms with Gasteiger partial charge in [-0.2, -0.15) is 0 Å². The minimum absolute atomic E-state index is 0. The number of carbonyl (C=O) groups excluding carboxylic acids is 4. The van der Waals surface area contributed by atoms with Gasteiger partial charge in [0, 0.05) is 105 Å². The van der Waals surface area contributed by atoms with Crippen molar-refractivity contribution in [3.8, 4) is 0 Å². The fourth-order valence-electron chi connectivity index (χ4n) is 2.15. The summed E-state index contributed by atoms with van der Waals surface area (Å²) >= 11 is 0. The van der Waals surface area contributed by atoms with E-state index in [0.29, 0.717) is 11.4 Å². The van der Waals surface area contributed by atoms with Gasteiger partial charge in [-0.25, -0.2) is 24.4 Å². The molecule has 0 spiro atoms. The summed E-state index contributed by atoms with van der Waals surface area (Å²) in [6, 6.07) is -2.36. The number of nitrogens with zero attached hydrogens (tertiary/aromatic N) is 2. The van der Waals surface area contributed by atoms with Crippen molar-refractivity contribution in [2.24, 2.45) is 11.5 Å². The molecule has 2 rings (SSSR count). The first-order chi connectivity index (χ1) is 13.8. The fourth-order valence-corrected chi connectivity index (χ4v) is 2.15. The third-order valence-electron chi connectivity index (χ3n) is 3.64. The number of nitrogens with two attached hydrogens (primary N) is 2. The van der Waals surface area contributed by atoms with Gasteiger partial charge >= 0.3 is 23.9 Å². The molecule has 0 saturated carbocycles. The van der Waals surface area contributed by atoms with E-state index in [0.717, 1.165) is 0 Å². The van der Waals surface area contributed by atoms with Gasteiger partial charge in [0.1, 0.15) is 12.1 Å². The Morgan fingerprint density at radius 1 is 0.818 bits per heavy atom. The number of imidazole rings is 2. The fraction of sp³-hybridized carbons (Fsp3) is 0.375. The third-order valence-corrected chi connectivity index (χ3v) is 3.64. The normalized spacial score (nSPS) is 12.2. The molecule has 0 aliphatic rings. The van der Waals surface area contributed by atoms with Crippen molar-refractivity contribution >= 4 is 23.9 Å². The molecule has 7 N–H and O–H groups in total. The summed E-state index contributed by atoms with van der Waals surface area (Å²) < 4.78 is 8.91. The summed E-state index contributed by atoms with van der Waals surface area (Å²) in [5, 5.41) is 9.69. The van der Waals surface area contributed by atoms with Crippen molar-refractivity contribution in [2.75, 3.05) is 0 Å². The van der Waals surface area contributed by atoms with E-state index in [4.69, 9.17) is 11.5 Å². The zero-order valence-electron chi connectivity index (χ0n) is 16.5. The first-order valence-corrected chi connectivity index (χ1v) is 8.40. The molecule has 1 unspecified atom stereocenters. The van der Waals surface area contributed by atoms with Gasteiger partial charge in [0.25, 0.3) is 0 Å². The number of nitrogens with one attached hydrogen (secondary N) is 2. The Hall–Kier alpha value is -1.34. The zero-order chi connectivity index (χ0) is 21.4. The SMILES string of the molecule is N[C@@H](Cc1cnc[nH]1)C(=O)OC(=O)CC(O)C(=O)OC(=O)[C@@H](N)Cc1cnc[nH]1.[Fe].[Fe].[Fe].[Fe]. The zero-order valence-corrected chi connectivity index (χ0v) is 20.9. The number of ether oxygens (including phenoxy) is 2. The van der Waals surface area contributed by atoms with Crippen molar-refractivity contribution in [3.05, 3.63) is 36.4 Å². The van der Waals surface area contributed by atoms with Crippen LogP contribution in [0.25, 0.3) is 0 Å². The first kappa shape index (κ1) is 36.2. The number of aromatic amines is 2. The molecule has 188 valence electrons. The number of aromatic nitrogens is 4. The van der Waals surface area contributed by atoms with Crippen molar-refractivity contribution in [1.82, 2.24) is 19.9 Å². The van der Waals surface area contributed by atoms with E-state index in [1.807, 2.05) is 0 Å². The average molecular weight is 632 g/mol. The predicted molar refractivity (Wildman–Crippen MR) is 93.4 cm³/mol. The molecule has 0 saturated heterocycles. The van der Waals surface area contributed by atoms with Crippen molar-refractivity contribution in [3.63, 3.8) is 0 Å². The molecule has 0 radical (unpaired) electrons. The van der Waals surface area contributed by atoms with Gasteiger partial charge in [-0.1, -0.05) is 0 Å². The quantitative estimate of drug-likeness (QED) is 0.110. The average Bonchev–Trinajstić information content (AvgIpc) is 3.35. The molecule has 0 amide bonds. The number of H-pyrrole nitrogens is 2. The van der Waals surface area contributed by atoms with Gasteiger partial charge in [-0.3, -0.25) is 4.79 Å². The van der Waals surface area contributed by atoms with Gasteiger partial charge < -0.3 is 36.0 Å². The van der Waals surface area contributed by atoms with E-state index in [1.54, 1.807) is 0 Å². The molecule has 0 fully saturated rings. The monoisotopic (exact) mass is 632 g/mol. The molecule has 2 aromatic rings. The minimum Gasteiger partial charge on any atom is -0.392 e. The number of aliphatic hydroxyl groups excluding tert-OH is 1. The van der Waals surface area contributed by atoms with Crippen LogP contribution in [0.2, 0.25) is 0 Å². The topological polar surface area (TPSA) is 216 Å². The second-order valence-electron chi connectivity index (χ2n) is 6.03. The van der Waals surface area contributed by atoms with Crippen molar-refractivity contribution < 1.29 is 102 Å². The summed E-state index contributed by atoms with van der Waals surface area (Å²) in [5.74, 6) is -4.77. The van der Waals surface area contributed by atoms with Crippen LogP contribution in [0, 0.1) is 0 Å². The van der Waals surface area contributed by atoms with Crippen molar-refractivity contribution in [2.45, 2.75) is 37.5 Å². The smallest absolute Gasteiger partial charge is 0.343 e. The molecule has 17 heteroatoms. The Bertz CT molecular complexity index is 854. The molecule has 2 aromatic heterocycles. The molecule has 0 aliphatic carbocycles. The van der Waals surface area contributed by atoms with Gasteiger partial charge in [0.15, 0.2) is 6.10 Å². The Labute approximate surface area is 230 Å². The van der Waals surface area contributed by atoms with Gasteiger partial charge in [-0.15, -0.1) is 0 Å². The molecule has 0 aliphatic heterocycles. The maximum Gasteiger partial charge on any atom is 0.343 e. The first-order valence-electron chi connectivity index (χ1n) is 8.40. The predicted octanol–water partition coefficient (Wildman–Crippen LogP) is -2.55. The number of aliphatic hydroxyl groups is 1. The third kappa shape index (κ3) is 12.6. The van der Waals surface area contributed by atoms with Crippen LogP contribution in [-0.4, -0.2) is 67.1 Å². The largest absolute Gasteiger partial charge is 0.392 e. The Balaban J connectivity index is -0.00000225. The molecule has 2 heterocycles. The molecule has 33 heavy (non-hydrogen) atoms. The van der Waals surface area contributed by atoms with Gasteiger partial charge in [0.05, 0.1) is 19.1 Å². The molecular weight excluding hydrogens is 612 g/mol. The molecular formula is C16H20Fe4N6O7. The van der Waals surface area contributed by atoms with E-state index >= 15 is 0 Å². The number of rotatable bonds is 9. The van der Waals surface area contributed by atoms with Crippen LogP contribution in [-0.2, 0) is 110 Å². The number of carbonyl (C=O) groups is 4. The number of hydrogen-bond acceptors (Lipinski definition) is 11. The Kier molecular flexibility index (Phi) is 19.8. The van der Waals surface area contributed by atoms with Crippen LogP contribution in [0.1, 0.15) is 17.8 Å². The van der Waals surface area contributed by atoms with Gasteiger partial charge in [0.2, 0.25) is 0 Å². The molecule has 0 aromatic carbocycles. The standard InChI is InChI=1S/C16H20N6O7.4Fe/c17-10(1-8-4-19-6-21-8)14(25)28-13(24)3-12(23)16(27)29-15(26)11(18)2-9-5-20-7-22-9;;;;/h4-7,10-12,23H,1-3,17-18H2,(H,19,21)(H,20,22);;;;/t10-,11-,12?;;;;/m0..../s1. The summed E-state index contributed by atoms with van der Waals surface area (Å²) in [7, 11) is 0. The molecule has 0 bridgehead atoms. The van der Waals surface area contributed by atoms with Crippen LogP contribution in [0.15, 0.2) is 25.0 Å². The summed E-state index contributed by atoms with van der Waals surface area (Å²) in [5.41, 5.74) is 12.3. The van der Waals surface area contributed by atoms with E-state index in [1.165, 1.54) is 25.0 Å². The number of hydrogen-bond donors (Lipinski definition) is 5. The van der Waals surface area contributed by atoms with E-state index in [9.17, 15) is 24.3 Å². The van der Waals surface area contributed by atoms with Crippen LogP contribution < -0.4 is 11.5 Å². The number of esters is 4.